The van der Waals surface area contributed by atoms with Crippen molar-refractivity contribution in [1.82, 2.24) is 20.1 Å². The van der Waals surface area contributed by atoms with E-state index < -0.39 is 0 Å². The third kappa shape index (κ3) is 4.07. The van der Waals surface area contributed by atoms with E-state index >= 15 is 0 Å². The van der Waals surface area contributed by atoms with Crippen molar-refractivity contribution in [2.45, 2.75) is 13.3 Å². The average molecular weight is 362 g/mol. The van der Waals surface area contributed by atoms with E-state index in [2.05, 4.69) is 20.2 Å². The first-order valence-electron chi connectivity index (χ1n) is 8.55. The molecule has 1 saturated heterocycles. The zero-order valence-corrected chi connectivity index (χ0v) is 15.4. The molecule has 0 radical (unpaired) electrons. The molecule has 1 fully saturated rings. The van der Waals surface area contributed by atoms with E-state index in [4.69, 9.17) is 11.6 Å². The number of fused-ring (bicyclic) bond motifs is 1. The van der Waals surface area contributed by atoms with Gasteiger partial charge in [-0.15, -0.1) is 0 Å². The Bertz CT molecular complexity index is 777. The van der Waals surface area contributed by atoms with Gasteiger partial charge in [-0.25, -0.2) is 0 Å². The molecular weight excluding hydrogens is 338 g/mol. The van der Waals surface area contributed by atoms with E-state index in [0.29, 0.717) is 0 Å². The maximum atomic E-state index is 11.4. The van der Waals surface area contributed by atoms with Crippen molar-refractivity contribution >= 4 is 34.4 Å². The Balaban J connectivity index is 1.55. The van der Waals surface area contributed by atoms with E-state index in [0.717, 1.165) is 55.6 Å². The maximum Gasteiger partial charge on any atom is 0.219 e. The van der Waals surface area contributed by atoms with E-state index in [1.165, 1.54) is 10.9 Å². The first-order chi connectivity index (χ1) is 12.1. The number of halogens is 1. The van der Waals surface area contributed by atoms with E-state index in [1.807, 2.05) is 29.3 Å². The fourth-order valence-corrected chi connectivity index (χ4v) is 3.40. The van der Waals surface area contributed by atoms with Crippen molar-refractivity contribution in [2.24, 2.45) is 4.99 Å². The molecule has 3 rings (SSSR count). The number of piperazine rings is 1. The van der Waals surface area contributed by atoms with Crippen LogP contribution in [0.2, 0.25) is 5.02 Å². The minimum Gasteiger partial charge on any atom is -0.361 e. The molecule has 2 N–H and O–H groups in total. The highest BCUT2D eigenvalue weighted by molar-refractivity contribution is 6.31. The molecule has 2 aromatic rings. The number of guanidine groups is 1. The quantitative estimate of drug-likeness (QED) is 0.650. The van der Waals surface area contributed by atoms with E-state index in [-0.39, 0.29) is 5.91 Å². The molecule has 0 aliphatic carbocycles. The van der Waals surface area contributed by atoms with Crippen LogP contribution in [0, 0.1) is 0 Å². The summed E-state index contributed by atoms with van der Waals surface area (Å²) >= 11 is 6.11. The molecule has 1 amide bonds. The molecular formula is C18H24ClN5O. The van der Waals surface area contributed by atoms with Gasteiger partial charge >= 0.3 is 0 Å². The molecule has 0 atom stereocenters. The second-order valence-electron chi connectivity index (χ2n) is 6.22. The van der Waals surface area contributed by atoms with Crippen LogP contribution in [0.15, 0.2) is 29.4 Å². The van der Waals surface area contributed by atoms with Gasteiger partial charge in [0.25, 0.3) is 0 Å². The van der Waals surface area contributed by atoms with Gasteiger partial charge < -0.3 is 20.1 Å². The van der Waals surface area contributed by atoms with E-state index in [1.54, 1.807) is 14.0 Å². The Hall–Kier alpha value is -2.21. The monoisotopic (exact) mass is 361 g/mol. The van der Waals surface area contributed by atoms with Gasteiger partial charge in [-0.05, 0) is 30.2 Å². The summed E-state index contributed by atoms with van der Waals surface area (Å²) in [5.41, 5.74) is 2.34. The zero-order valence-electron chi connectivity index (χ0n) is 14.7. The molecule has 0 bridgehead atoms. The van der Waals surface area contributed by atoms with Crippen molar-refractivity contribution in [3.05, 3.63) is 35.0 Å². The van der Waals surface area contributed by atoms with Crippen LogP contribution in [-0.4, -0.2) is 66.4 Å². The predicted molar refractivity (Wildman–Crippen MR) is 102 cm³/mol. The summed E-state index contributed by atoms with van der Waals surface area (Å²) < 4.78 is 0. The van der Waals surface area contributed by atoms with E-state index in [9.17, 15) is 4.79 Å². The summed E-state index contributed by atoms with van der Waals surface area (Å²) in [6, 6.07) is 5.89. The Morgan fingerprint density at radius 2 is 2.00 bits per heavy atom. The average Bonchev–Trinajstić information content (AvgIpc) is 3.01. The number of aromatic nitrogens is 1. The number of hydrogen-bond donors (Lipinski definition) is 2. The van der Waals surface area contributed by atoms with Crippen LogP contribution in [-0.2, 0) is 11.2 Å². The largest absolute Gasteiger partial charge is 0.361 e. The van der Waals surface area contributed by atoms with Crippen LogP contribution in [0.5, 0.6) is 0 Å². The highest BCUT2D eigenvalue weighted by Crippen LogP contribution is 2.22. The minimum atomic E-state index is 0.139. The fraction of sp³-hybridized carbons (Fsp3) is 0.444. The molecule has 134 valence electrons. The van der Waals surface area contributed by atoms with Gasteiger partial charge in [-0.2, -0.15) is 0 Å². The van der Waals surface area contributed by atoms with Gasteiger partial charge in [0.05, 0.1) is 0 Å². The SMILES string of the molecule is CN=C(NCCc1c[nH]c2ccc(Cl)cc12)N1CCN(C(C)=O)CC1. The summed E-state index contributed by atoms with van der Waals surface area (Å²) in [6.07, 6.45) is 2.92. The Kier molecular flexibility index (Phi) is 5.48. The first kappa shape index (κ1) is 17.6. The number of aromatic amines is 1. The predicted octanol–water partition coefficient (Wildman–Crippen LogP) is 2.10. The highest BCUT2D eigenvalue weighted by atomic mass is 35.5. The lowest BCUT2D eigenvalue weighted by molar-refractivity contribution is -0.130. The molecule has 1 aromatic carbocycles. The van der Waals surface area contributed by atoms with Crippen LogP contribution in [0.4, 0.5) is 0 Å². The Morgan fingerprint density at radius 1 is 1.28 bits per heavy atom. The van der Waals surface area contributed by atoms with Crippen LogP contribution in [0.1, 0.15) is 12.5 Å². The molecule has 1 aliphatic rings. The van der Waals surface area contributed by atoms with Gasteiger partial charge in [-0.1, -0.05) is 11.6 Å². The van der Waals surface area contributed by atoms with Crippen LogP contribution in [0.25, 0.3) is 10.9 Å². The van der Waals surface area contributed by atoms with Gasteiger partial charge in [-0.3, -0.25) is 9.79 Å². The first-order valence-corrected chi connectivity index (χ1v) is 8.93. The summed E-state index contributed by atoms with van der Waals surface area (Å²) in [5, 5.41) is 5.34. The van der Waals surface area contributed by atoms with Crippen molar-refractivity contribution in [2.75, 3.05) is 39.8 Å². The minimum absolute atomic E-state index is 0.139. The van der Waals surface area contributed by atoms with Crippen LogP contribution in [0.3, 0.4) is 0 Å². The highest BCUT2D eigenvalue weighted by Gasteiger charge is 2.20. The second-order valence-corrected chi connectivity index (χ2v) is 6.66. The van der Waals surface area contributed by atoms with Crippen molar-refractivity contribution in [3.8, 4) is 0 Å². The number of nitrogens with one attached hydrogen (secondary N) is 2. The van der Waals surface area contributed by atoms with Crippen LogP contribution >= 0.6 is 11.6 Å². The molecule has 6 nitrogen and oxygen atoms in total. The summed E-state index contributed by atoms with van der Waals surface area (Å²) in [7, 11) is 1.80. The molecule has 2 heterocycles. The second kappa shape index (κ2) is 7.78. The Labute approximate surface area is 152 Å². The van der Waals surface area contributed by atoms with Gasteiger partial charge in [0.15, 0.2) is 5.96 Å². The van der Waals surface area contributed by atoms with Crippen LogP contribution < -0.4 is 5.32 Å². The number of aliphatic imine (C=N–C) groups is 1. The standard InChI is InChI=1S/C18H24ClN5O/c1-13(25)23-7-9-24(10-8-23)18(20-2)21-6-5-14-12-22-17-4-3-15(19)11-16(14)17/h3-4,11-12,22H,5-10H2,1-2H3,(H,20,21). The number of hydrogen-bond acceptors (Lipinski definition) is 2. The molecule has 1 aromatic heterocycles. The molecule has 1 aliphatic heterocycles. The number of H-pyrrole nitrogens is 1. The lowest BCUT2D eigenvalue weighted by Gasteiger charge is -2.36. The van der Waals surface area contributed by atoms with Gasteiger partial charge in [0, 0.05) is 68.8 Å². The number of amides is 1. The maximum absolute atomic E-state index is 11.4. The summed E-state index contributed by atoms with van der Waals surface area (Å²) in [5.74, 6) is 1.03. The number of benzene rings is 1. The molecule has 7 heteroatoms. The third-order valence-electron chi connectivity index (χ3n) is 4.64. The fourth-order valence-electron chi connectivity index (χ4n) is 3.23. The van der Waals surface area contributed by atoms with Crippen molar-refractivity contribution in [3.63, 3.8) is 0 Å². The molecule has 0 unspecified atom stereocenters. The normalized spacial score (nSPS) is 15.7. The number of carbonyl (C=O) groups excluding carboxylic acids is 1. The topological polar surface area (TPSA) is 63.7 Å². The number of carbonyl (C=O) groups is 1. The smallest absolute Gasteiger partial charge is 0.219 e. The lowest BCUT2D eigenvalue weighted by atomic mass is 10.1. The van der Waals surface area contributed by atoms with Crippen molar-refractivity contribution < 1.29 is 4.79 Å². The zero-order chi connectivity index (χ0) is 17.8. The summed E-state index contributed by atoms with van der Waals surface area (Å²) in [4.78, 5) is 23.2. The van der Waals surface area contributed by atoms with Gasteiger partial charge in [0.2, 0.25) is 5.91 Å². The Morgan fingerprint density at radius 3 is 2.68 bits per heavy atom. The lowest BCUT2D eigenvalue weighted by Crippen LogP contribution is -2.53. The van der Waals surface area contributed by atoms with Crippen molar-refractivity contribution in [1.29, 1.82) is 0 Å². The molecule has 0 spiro atoms. The van der Waals surface area contributed by atoms with Gasteiger partial charge in [0.1, 0.15) is 0 Å². The molecule has 0 saturated carbocycles. The third-order valence-corrected chi connectivity index (χ3v) is 4.88. The number of nitrogens with zero attached hydrogens (tertiary/aromatic N) is 3. The summed E-state index contributed by atoms with van der Waals surface area (Å²) in [6.45, 7) is 5.52. The number of rotatable bonds is 3. The molecule has 25 heavy (non-hydrogen) atoms.